The van der Waals surface area contributed by atoms with Crippen molar-refractivity contribution < 1.29 is 36.2 Å². The first-order valence-corrected chi connectivity index (χ1v) is 7.55. The highest BCUT2D eigenvalue weighted by molar-refractivity contribution is 6.01. The number of aliphatic hydroxyl groups is 1. The third-order valence-electron chi connectivity index (χ3n) is 5.56. The summed E-state index contributed by atoms with van der Waals surface area (Å²) in [5.74, 6) is -4.79. The van der Waals surface area contributed by atoms with Crippen molar-refractivity contribution in [1.29, 1.82) is 0 Å². The van der Waals surface area contributed by atoms with Gasteiger partial charge in [0.15, 0.2) is 0 Å². The fourth-order valence-corrected chi connectivity index (χ4v) is 5.30. The first-order valence-electron chi connectivity index (χ1n) is 7.55. The van der Waals surface area contributed by atoms with Crippen LogP contribution in [-0.2, 0) is 4.79 Å². The van der Waals surface area contributed by atoms with Gasteiger partial charge >= 0.3 is 12.4 Å². The Bertz CT molecular complexity index is 522. The molecule has 4 aliphatic carbocycles. The van der Waals surface area contributed by atoms with Crippen molar-refractivity contribution in [2.75, 3.05) is 0 Å². The van der Waals surface area contributed by atoms with E-state index in [-0.39, 0.29) is 37.0 Å². The van der Waals surface area contributed by atoms with Crippen LogP contribution in [-0.4, -0.2) is 23.2 Å². The molecule has 4 aliphatic rings. The summed E-state index contributed by atoms with van der Waals surface area (Å²) in [6.07, 6.45) is -8.06. The van der Waals surface area contributed by atoms with Gasteiger partial charge in [0.1, 0.15) is 0 Å². The molecule has 0 unspecified atom stereocenters. The number of hydrogen-bond donors (Lipinski definition) is 1. The highest BCUT2D eigenvalue weighted by Gasteiger charge is 2.60. The van der Waals surface area contributed by atoms with Gasteiger partial charge in [0.2, 0.25) is 5.76 Å². The van der Waals surface area contributed by atoms with Crippen molar-refractivity contribution in [3.63, 3.8) is 0 Å². The topological polar surface area (TPSA) is 37.3 Å². The third-order valence-corrected chi connectivity index (χ3v) is 5.56. The van der Waals surface area contributed by atoms with E-state index >= 15 is 0 Å². The molecule has 0 aromatic carbocycles. The lowest BCUT2D eigenvalue weighted by Gasteiger charge is -2.57. The molecule has 0 aliphatic heterocycles. The zero-order valence-electron chi connectivity index (χ0n) is 12.1. The van der Waals surface area contributed by atoms with Crippen LogP contribution in [0.2, 0.25) is 0 Å². The number of alkyl halides is 6. The summed E-state index contributed by atoms with van der Waals surface area (Å²) in [4.78, 5) is 11.7. The molecule has 2 nitrogen and oxygen atoms in total. The van der Waals surface area contributed by atoms with Gasteiger partial charge < -0.3 is 5.11 Å². The first-order chi connectivity index (χ1) is 10.4. The number of carbonyl (C=O) groups is 1. The Morgan fingerprint density at radius 2 is 1.22 bits per heavy atom. The predicted octanol–water partition coefficient (Wildman–Crippen LogP) is 4.71. The molecule has 0 aromatic rings. The number of rotatable bonds is 2. The molecule has 4 bridgehead atoms. The Labute approximate surface area is 128 Å². The first kappa shape index (κ1) is 16.6. The Kier molecular flexibility index (Phi) is 3.54. The molecule has 8 heteroatoms. The van der Waals surface area contributed by atoms with Gasteiger partial charge in [0.25, 0.3) is 5.78 Å². The summed E-state index contributed by atoms with van der Waals surface area (Å²) >= 11 is 0. The van der Waals surface area contributed by atoms with Gasteiger partial charge in [0.05, 0.1) is 5.57 Å². The van der Waals surface area contributed by atoms with Gasteiger partial charge in [-0.1, -0.05) is 0 Å². The second-order valence-electron chi connectivity index (χ2n) is 7.25. The Morgan fingerprint density at radius 3 is 1.52 bits per heavy atom. The van der Waals surface area contributed by atoms with Crippen LogP contribution in [0.1, 0.15) is 38.5 Å². The molecule has 4 fully saturated rings. The third kappa shape index (κ3) is 2.74. The molecule has 0 heterocycles. The number of Topliss-reactive ketones (excluding diaryl/α,β-unsaturated/α-hetero) is 1. The fraction of sp³-hybridized carbons (Fsp3) is 0.800. The van der Waals surface area contributed by atoms with E-state index in [0.717, 1.165) is 19.3 Å². The average Bonchev–Trinajstić information content (AvgIpc) is 2.34. The van der Waals surface area contributed by atoms with Crippen molar-refractivity contribution in [2.24, 2.45) is 23.2 Å². The molecule has 130 valence electrons. The zero-order valence-corrected chi connectivity index (χ0v) is 12.1. The monoisotopic (exact) mass is 342 g/mol. The molecule has 1 N–H and O–H groups in total. The second kappa shape index (κ2) is 4.89. The van der Waals surface area contributed by atoms with Crippen LogP contribution in [0.15, 0.2) is 11.3 Å². The van der Waals surface area contributed by atoms with Crippen LogP contribution in [0.3, 0.4) is 0 Å². The summed E-state index contributed by atoms with van der Waals surface area (Å²) in [6.45, 7) is 0. The zero-order chi connectivity index (χ0) is 17.2. The van der Waals surface area contributed by atoms with Crippen molar-refractivity contribution in [1.82, 2.24) is 0 Å². The van der Waals surface area contributed by atoms with Crippen molar-refractivity contribution in [2.45, 2.75) is 50.9 Å². The maximum Gasteiger partial charge on any atom is 0.454 e. The molecule has 0 spiro atoms. The van der Waals surface area contributed by atoms with Gasteiger partial charge in [-0.15, -0.1) is 0 Å². The Morgan fingerprint density at radius 1 is 0.826 bits per heavy atom. The lowest BCUT2D eigenvalue weighted by Crippen LogP contribution is -2.50. The minimum absolute atomic E-state index is 0.0401. The molecule has 0 radical (unpaired) electrons. The Balaban J connectivity index is 2.11. The van der Waals surface area contributed by atoms with E-state index in [1.165, 1.54) is 0 Å². The van der Waals surface area contributed by atoms with E-state index in [4.69, 9.17) is 0 Å². The van der Waals surface area contributed by atoms with Gasteiger partial charge in [0, 0.05) is 5.41 Å². The highest BCUT2D eigenvalue weighted by Crippen LogP contribution is 2.64. The van der Waals surface area contributed by atoms with Crippen molar-refractivity contribution in [3.05, 3.63) is 11.3 Å². The fourth-order valence-electron chi connectivity index (χ4n) is 5.30. The SMILES string of the molecule is O=C(C(=C(O)C(F)(F)F)C12CC3CC(CC(C3)C1)C2)C(F)(F)F. The van der Waals surface area contributed by atoms with Crippen LogP contribution in [0.4, 0.5) is 26.3 Å². The summed E-state index contributed by atoms with van der Waals surface area (Å²) in [6, 6.07) is 0. The number of halogens is 6. The number of allylic oxidation sites excluding steroid dienone is 2. The molecule has 4 rings (SSSR count). The van der Waals surface area contributed by atoms with Gasteiger partial charge in [-0.05, 0) is 56.3 Å². The molecular formula is C15H16F6O2. The van der Waals surface area contributed by atoms with Crippen LogP contribution < -0.4 is 0 Å². The number of hydrogen-bond acceptors (Lipinski definition) is 2. The van der Waals surface area contributed by atoms with Gasteiger partial charge in [-0.2, -0.15) is 26.3 Å². The van der Waals surface area contributed by atoms with Crippen LogP contribution >= 0.6 is 0 Å². The van der Waals surface area contributed by atoms with E-state index in [0.29, 0.717) is 0 Å². The standard InChI is InChI=1S/C15H16F6O2/c16-14(17,18)11(22)10(12(23)15(19,20)21)13-4-7-1-8(5-13)3-9(2-7)6-13/h7-9,22H,1-6H2. The number of carbonyl (C=O) groups excluding carboxylic acids is 1. The average molecular weight is 342 g/mol. The lowest BCUT2D eigenvalue weighted by atomic mass is 9.47. The van der Waals surface area contributed by atoms with Crippen molar-refractivity contribution >= 4 is 5.78 Å². The maximum atomic E-state index is 12.9. The van der Waals surface area contributed by atoms with E-state index in [1.54, 1.807) is 0 Å². The molecule has 0 aromatic heterocycles. The predicted molar refractivity (Wildman–Crippen MR) is 67.4 cm³/mol. The molecule has 0 amide bonds. The summed E-state index contributed by atoms with van der Waals surface area (Å²) in [5, 5.41) is 9.47. The quantitative estimate of drug-likeness (QED) is 0.448. The van der Waals surface area contributed by atoms with E-state index in [1.807, 2.05) is 0 Å². The summed E-state index contributed by atoms with van der Waals surface area (Å²) in [7, 11) is 0. The Hall–Kier alpha value is -1.21. The number of ketones is 1. The minimum Gasteiger partial charge on any atom is -0.504 e. The van der Waals surface area contributed by atoms with E-state index < -0.39 is 34.9 Å². The smallest absolute Gasteiger partial charge is 0.454 e. The van der Waals surface area contributed by atoms with E-state index in [2.05, 4.69) is 0 Å². The summed E-state index contributed by atoms with van der Waals surface area (Å²) < 4.78 is 77.3. The molecule has 0 saturated heterocycles. The largest absolute Gasteiger partial charge is 0.504 e. The molecule has 4 saturated carbocycles. The highest BCUT2D eigenvalue weighted by atomic mass is 19.4. The van der Waals surface area contributed by atoms with Gasteiger partial charge in [-0.3, -0.25) is 4.79 Å². The summed E-state index contributed by atoms with van der Waals surface area (Å²) in [5.41, 5.74) is -2.93. The van der Waals surface area contributed by atoms with Crippen LogP contribution in [0, 0.1) is 23.2 Å². The van der Waals surface area contributed by atoms with Crippen LogP contribution in [0.25, 0.3) is 0 Å². The second-order valence-corrected chi connectivity index (χ2v) is 7.25. The molecule has 23 heavy (non-hydrogen) atoms. The van der Waals surface area contributed by atoms with Gasteiger partial charge in [-0.25, -0.2) is 0 Å². The molecule has 0 atom stereocenters. The van der Waals surface area contributed by atoms with E-state index in [9.17, 15) is 36.2 Å². The van der Waals surface area contributed by atoms with Crippen LogP contribution in [0.5, 0.6) is 0 Å². The molecular weight excluding hydrogens is 326 g/mol. The maximum absolute atomic E-state index is 12.9. The van der Waals surface area contributed by atoms with Crippen molar-refractivity contribution in [3.8, 4) is 0 Å². The normalized spacial score (nSPS) is 37.7. The minimum atomic E-state index is -5.43. The number of aliphatic hydroxyl groups excluding tert-OH is 1. The lowest BCUT2D eigenvalue weighted by molar-refractivity contribution is -0.172.